The molecule has 0 unspecified atom stereocenters. The van der Waals surface area contributed by atoms with Gasteiger partial charge in [-0.15, -0.1) is 12.6 Å². The summed E-state index contributed by atoms with van der Waals surface area (Å²) in [6.07, 6.45) is 4.82. The monoisotopic (exact) mass is 478 g/mol. The number of aldehydes is 1. The Morgan fingerprint density at radius 2 is 1.94 bits per heavy atom. The number of primary amides is 1. The van der Waals surface area contributed by atoms with E-state index in [1.165, 1.54) is 7.05 Å². The van der Waals surface area contributed by atoms with Crippen LogP contribution in [0.5, 0.6) is 5.75 Å². The number of amides is 1. The number of hydrogen-bond acceptors (Lipinski definition) is 8. The number of carbonyl (C=O) groups excluding carboxylic acids is 2. The summed E-state index contributed by atoms with van der Waals surface area (Å²) in [5.41, 5.74) is 12.5. The van der Waals surface area contributed by atoms with Crippen LogP contribution in [-0.4, -0.2) is 63.5 Å². The summed E-state index contributed by atoms with van der Waals surface area (Å²) >= 11 is 4.39. The van der Waals surface area contributed by atoms with Gasteiger partial charge in [-0.3, -0.25) is 14.3 Å². The van der Waals surface area contributed by atoms with Crippen LogP contribution < -0.4 is 21.1 Å². The van der Waals surface area contributed by atoms with Gasteiger partial charge < -0.3 is 26.1 Å². The van der Waals surface area contributed by atoms with E-state index in [4.69, 9.17) is 10.5 Å². The molecule has 0 radical (unpaired) electrons. The third-order valence-electron chi connectivity index (χ3n) is 3.91. The minimum atomic E-state index is -0.494. The highest BCUT2D eigenvalue weighted by atomic mass is 32.1. The topological polar surface area (TPSA) is 129 Å². The van der Waals surface area contributed by atoms with Crippen LogP contribution in [0, 0.1) is 6.92 Å². The number of benzene rings is 1. The van der Waals surface area contributed by atoms with E-state index < -0.39 is 5.91 Å². The first-order chi connectivity index (χ1) is 15.7. The zero-order valence-corrected chi connectivity index (χ0v) is 21.6. The number of hydrogen-bond donors (Lipinski definition) is 3. The molecule has 1 aromatic heterocycles. The van der Waals surface area contributed by atoms with Crippen LogP contribution in [0.15, 0.2) is 40.2 Å². The number of ether oxygens (including phenoxy) is 1. The van der Waals surface area contributed by atoms with Crippen molar-refractivity contribution in [1.82, 2.24) is 9.78 Å². The average molecular weight is 479 g/mol. The fraction of sp³-hybridized carbons (Fsp3) is 0.391. The highest BCUT2D eigenvalue weighted by molar-refractivity contribution is 7.80. The van der Waals surface area contributed by atoms with E-state index in [0.29, 0.717) is 21.9 Å². The molecule has 0 saturated carbocycles. The third-order valence-corrected chi connectivity index (χ3v) is 4.25. The summed E-state index contributed by atoms with van der Waals surface area (Å²) in [4.78, 5) is 27.4. The van der Waals surface area contributed by atoms with Crippen LogP contribution in [0.2, 0.25) is 0 Å². The fourth-order valence-corrected chi connectivity index (χ4v) is 2.96. The minimum absolute atomic E-state index is 0.389. The molecule has 0 bridgehead atoms. The standard InChI is InChI=1S/C13H18N2O2S.C7H10N2O.C2H5N.CH5N/c1-4-5-6-15(2)12-10(17-3)7-9(13(14)16)8-11(12)18;1-3-9-7(5-10)4-6(2)8-9;1-3-2;1-2/h4-5,7-8,18H,6H2,1-3H3,(H2,14,16);4-5H,3H2,1-2H3;1H2,2H3;2H2,1H3/b5-4+;;;. The lowest BCUT2D eigenvalue weighted by Crippen LogP contribution is -2.19. The maximum absolute atomic E-state index is 11.2. The van der Waals surface area contributed by atoms with Crippen molar-refractivity contribution in [1.29, 1.82) is 0 Å². The Balaban J connectivity index is 0. The van der Waals surface area contributed by atoms with Crippen molar-refractivity contribution in [3.05, 3.63) is 47.3 Å². The van der Waals surface area contributed by atoms with Crippen molar-refractivity contribution >= 4 is 37.2 Å². The van der Waals surface area contributed by atoms with Gasteiger partial charge in [0.15, 0.2) is 6.29 Å². The van der Waals surface area contributed by atoms with Crippen LogP contribution >= 0.6 is 12.6 Å². The van der Waals surface area contributed by atoms with Gasteiger partial charge in [0.1, 0.15) is 11.4 Å². The molecule has 1 heterocycles. The van der Waals surface area contributed by atoms with Gasteiger partial charge in [0.2, 0.25) is 5.91 Å². The molecule has 1 aromatic carbocycles. The number of rotatable bonds is 7. The molecule has 2 aromatic rings. The van der Waals surface area contributed by atoms with E-state index in [2.05, 4.69) is 35.2 Å². The number of aromatic nitrogens is 2. The fourth-order valence-electron chi connectivity index (χ4n) is 2.54. The van der Waals surface area contributed by atoms with Gasteiger partial charge >= 0.3 is 0 Å². The second-order valence-electron chi connectivity index (χ2n) is 6.32. The molecular weight excluding hydrogens is 440 g/mol. The number of aliphatic imine (C=N–C) groups is 1. The molecule has 4 N–H and O–H groups in total. The van der Waals surface area contributed by atoms with Gasteiger partial charge in [-0.25, -0.2) is 0 Å². The molecule has 10 heteroatoms. The number of methoxy groups -OCH3 is 1. The van der Waals surface area contributed by atoms with Crippen molar-refractivity contribution in [2.24, 2.45) is 16.5 Å². The van der Waals surface area contributed by atoms with Crippen molar-refractivity contribution in [2.45, 2.75) is 32.2 Å². The van der Waals surface area contributed by atoms with Crippen molar-refractivity contribution in [2.75, 3.05) is 39.7 Å². The summed E-state index contributed by atoms with van der Waals surface area (Å²) in [7, 11) is 6.63. The molecule has 0 atom stereocenters. The lowest BCUT2D eigenvalue weighted by atomic mass is 10.1. The quantitative estimate of drug-likeness (QED) is 0.243. The zero-order valence-electron chi connectivity index (χ0n) is 20.7. The molecule has 0 saturated heterocycles. The molecule has 0 spiro atoms. The Morgan fingerprint density at radius 1 is 1.36 bits per heavy atom. The summed E-state index contributed by atoms with van der Waals surface area (Å²) in [5, 5.41) is 4.09. The first-order valence-electron chi connectivity index (χ1n) is 10.2. The molecule has 0 aliphatic carbocycles. The van der Waals surface area contributed by atoms with Crippen LogP contribution in [0.3, 0.4) is 0 Å². The second kappa shape index (κ2) is 18.5. The Bertz CT molecular complexity index is 897. The summed E-state index contributed by atoms with van der Waals surface area (Å²) in [6, 6.07) is 5.05. The number of anilines is 1. The van der Waals surface area contributed by atoms with Crippen LogP contribution in [0.1, 0.15) is 40.4 Å². The highest BCUT2D eigenvalue weighted by Gasteiger charge is 2.15. The Hall–Kier alpha value is -3.11. The van der Waals surface area contributed by atoms with E-state index >= 15 is 0 Å². The maximum Gasteiger partial charge on any atom is 0.248 e. The number of nitrogens with zero attached hydrogens (tertiary/aromatic N) is 4. The number of carbonyl (C=O) groups is 2. The highest BCUT2D eigenvalue weighted by Crippen LogP contribution is 2.35. The summed E-state index contributed by atoms with van der Waals surface area (Å²) in [6.45, 7) is 10.4. The average Bonchev–Trinajstić information content (AvgIpc) is 3.18. The number of allylic oxidation sites excluding steroid dienone is 1. The Morgan fingerprint density at radius 3 is 2.33 bits per heavy atom. The van der Waals surface area contributed by atoms with Crippen molar-refractivity contribution in [3.8, 4) is 5.75 Å². The van der Waals surface area contributed by atoms with E-state index in [9.17, 15) is 9.59 Å². The van der Waals surface area contributed by atoms with Crippen LogP contribution in [0.25, 0.3) is 0 Å². The maximum atomic E-state index is 11.2. The molecule has 0 aliphatic rings. The number of likely N-dealkylation sites (N-methyl/N-ethyl adjacent to an activating group) is 1. The van der Waals surface area contributed by atoms with Gasteiger partial charge in [-0.05, 0) is 52.7 Å². The van der Waals surface area contributed by atoms with E-state index in [1.807, 2.05) is 44.9 Å². The number of nitrogens with two attached hydrogens (primary N) is 2. The van der Waals surface area contributed by atoms with E-state index in [0.717, 1.165) is 30.8 Å². The van der Waals surface area contributed by atoms with Crippen molar-refractivity contribution in [3.63, 3.8) is 0 Å². The number of aryl methyl sites for hydroxylation is 2. The van der Waals surface area contributed by atoms with Gasteiger partial charge in [-0.2, -0.15) is 5.10 Å². The van der Waals surface area contributed by atoms with Crippen LogP contribution in [-0.2, 0) is 6.54 Å². The number of thiol groups is 1. The molecule has 33 heavy (non-hydrogen) atoms. The first-order valence-corrected chi connectivity index (χ1v) is 10.6. The van der Waals surface area contributed by atoms with E-state index in [-0.39, 0.29) is 0 Å². The molecular formula is C23H38N6O3S. The summed E-state index contributed by atoms with van der Waals surface area (Å²) < 4.78 is 6.98. The molecule has 2 rings (SSSR count). The largest absolute Gasteiger partial charge is 0.495 e. The zero-order chi connectivity index (χ0) is 26.0. The third kappa shape index (κ3) is 11.4. The second-order valence-corrected chi connectivity index (χ2v) is 6.80. The lowest BCUT2D eigenvalue weighted by molar-refractivity contribution is 0.0999. The molecule has 184 valence electrons. The Labute approximate surface area is 202 Å². The molecule has 0 fully saturated rings. The van der Waals surface area contributed by atoms with Gasteiger partial charge in [0, 0.05) is 37.6 Å². The molecule has 0 aliphatic heterocycles. The smallest absolute Gasteiger partial charge is 0.248 e. The van der Waals surface area contributed by atoms with Gasteiger partial charge in [0.05, 0.1) is 18.5 Å². The molecule has 1 amide bonds. The summed E-state index contributed by atoms with van der Waals surface area (Å²) in [5.74, 6) is 0.0922. The Kier molecular flexibility index (Phi) is 17.9. The SMILES string of the molecule is C/C=C/CN(C)c1c(S)cc(C(N)=O)cc1OC.C=NC.CCn1nc(C)cc1C=O.CN. The van der Waals surface area contributed by atoms with E-state index in [1.54, 1.807) is 37.0 Å². The predicted octanol–water partition coefficient (Wildman–Crippen LogP) is 3.01. The van der Waals surface area contributed by atoms with Gasteiger partial charge in [-0.1, -0.05) is 12.2 Å². The lowest BCUT2D eigenvalue weighted by Gasteiger charge is -2.22. The first kappa shape index (κ1) is 32.1. The molecule has 9 nitrogen and oxygen atoms in total. The predicted molar refractivity (Wildman–Crippen MR) is 140 cm³/mol. The normalized spacial score (nSPS) is 9.36. The van der Waals surface area contributed by atoms with Crippen molar-refractivity contribution < 1.29 is 14.3 Å². The minimum Gasteiger partial charge on any atom is -0.495 e. The van der Waals surface area contributed by atoms with Gasteiger partial charge in [0.25, 0.3) is 0 Å². The van der Waals surface area contributed by atoms with Crippen LogP contribution in [0.4, 0.5) is 5.69 Å².